The number of hydrogen-bond acceptors (Lipinski definition) is 3. The van der Waals surface area contributed by atoms with E-state index in [1.54, 1.807) is 24.3 Å². The Hall–Kier alpha value is -1.81. The number of rotatable bonds is 6. The number of aromatic nitrogens is 2. The topological polar surface area (TPSA) is 34.9 Å². The highest BCUT2D eigenvalue weighted by Gasteiger charge is 2.24. The van der Waals surface area contributed by atoms with Crippen LogP contribution in [0.5, 0.6) is 0 Å². The molecule has 1 aliphatic carbocycles. The molecule has 1 heterocycles. The predicted molar refractivity (Wildman–Crippen MR) is 91.4 cm³/mol. The first-order valence-corrected chi connectivity index (χ1v) is 8.58. The van der Waals surface area contributed by atoms with Crippen LogP contribution >= 0.6 is 11.8 Å². The Morgan fingerprint density at radius 1 is 1.41 bits per heavy atom. The number of allylic oxidation sites excluding steroid dienone is 1. The molecule has 1 aromatic carbocycles. The summed E-state index contributed by atoms with van der Waals surface area (Å²) in [5.74, 6) is 0.674. The molecule has 0 radical (unpaired) electrons. The standard InChI is InChI=1S/C18H20N2OS/c1-13-8-16(9-13)22-11-18(21)17-10-19-12-20(17)14(2)15-6-4-3-5-7-15/h3-7,10,12,14,16H,1,8-9,11H2,2H3/t14-/m1/s1. The summed E-state index contributed by atoms with van der Waals surface area (Å²) in [7, 11) is 0. The Morgan fingerprint density at radius 3 is 2.82 bits per heavy atom. The number of carbonyl (C=O) groups is 1. The van der Waals surface area contributed by atoms with E-state index in [0.29, 0.717) is 16.7 Å². The van der Waals surface area contributed by atoms with Gasteiger partial charge in [-0.3, -0.25) is 4.79 Å². The van der Waals surface area contributed by atoms with Crippen molar-refractivity contribution >= 4 is 17.5 Å². The number of ketones is 1. The van der Waals surface area contributed by atoms with Gasteiger partial charge in [-0.05, 0) is 25.3 Å². The van der Waals surface area contributed by atoms with Crippen LogP contribution < -0.4 is 0 Å². The lowest BCUT2D eigenvalue weighted by Gasteiger charge is -2.27. The van der Waals surface area contributed by atoms with Gasteiger partial charge in [0.15, 0.2) is 5.78 Å². The molecule has 22 heavy (non-hydrogen) atoms. The largest absolute Gasteiger partial charge is 0.321 e. The number of benzene rings is 1. The zero-order valence-electron chi connectivity index (χ0n) is 12.7. The molecule has 0 bridgehead atoms. The molecule has 0 N–H and O–H groups in total. The monoisotopic (exact) mass is 312 g/mol. The summed E-state index contributed by atoms with van der Waals surface area (Å²) in [5.41, 5.74) is 3.17. The second-order valence-electron chi connectivity index (χ2n) is 5.79. The molecule has 4 heteroatoms. The van der Waals surface area contributed by atoms with Gasteiger partial charge in [-0.1, -0.05) is 42.5 Å². The van der Waals surface area contributed by atoms with E-state index in [0.717, 1.165) is 12.8 Å². The van der Waals surface area contributed by atoms with E-state index in [1.165, 1.54) is 11.1 Å². The summed E-state index contributed by atoms with van der Waals surface area (Å²) >= 11 is 1.74. The molecule has 0 saturated heterocycles. The van der Waals surface area contributed by atoms with Gasteiger partial charge in [0, 0.05) is 5.25 Å². The normalized spacial score (nSPS) is 16.3. The minimum Gasteiger partial charge on any atom is -0.321 e. The van der Waals surface area contributed by atoms with Gasteiger partial charge < -0.3 is 4.57 Å². The first kappa shape index (κ1) is 15.1. The molecule has 0 aliphatic heterocycles. The fourth-order valence-electron chi connectivity index (χ4n) is 2.69. The highest BCUT2D eigenvalue weighted by molar-refractivity contribution is 8.00. The minimum atomic E-state index is 0.108. The number of Topliss-reactive ketones (excluding diaryl/α,β-unsaturated/α-hetero) is 1. The molecule has 1 aliphatic rings. The number of imidazole rings is 1. The average molecular weight is 312 g/mol. The molecule has 0 spiro atoms. The Kier molecular flexibility index (Phi) is 4.48. The first-order chi connectivity index (χ1) is 10.6. The van der Waals surface area contributed by atoms with Gasteiger partial charge in [0.25, 0.3) is 0 Å². The third-order valence-electron chi connectivity index (χ3n) is 4.13. The number of hydrogen-bond donors (Lipinski definition) is 0. The third-order valence-corrected chi connectivity index (χ3v) is 5.37. The number of thioether (sulfide) groups is 1. The maximum atomic E-state index is 12.5. The maximum absolute atomic E-state index is 12.5. The van der Waals surface area contributed by atoms with Gasteiger partial charge in [-0.15, -0.1) is 11.8 Å². The number of nitrogens with zero attached hydrogens (tertiary/aromatic N) is 2. The van der Waals surface area contributed by atoms with Crippen molar-refractivity contribution in [3.63, 3.8) is 0 Å². The first-order valence-electron chi connectivity index (χ1n) is 7.53. The zero-order chi connectivity index (χ0) is 15.5. The summed E-state index contributed by atoms with van der Waals surface area (Å²) in [6.07, 6.45) is 5.54. The summed E-state index contributed by atoms with van der Waals surface area (Å²) in [6.45, 7) is 6.04. The fraction of sp³-hybridized carbons (Fsp3) is 0.333. The van der Waals surface area contributed by atoms with Crippen LogP contribution in [0.4, 0.5) is 0 Å². The van der Waals surface area contributed by atoms with Gasteiger partial charge in [-0.25, -0.2) is 4.98 Å². The van der Waals surface area contributed by atoms with Crippen LogP contribution in [0.2, 0.25) is 0 Å². The van der Waals surface area contributed by atoms with Crippen molar-refractivity contribution < 1.29 is 4.79 Å². The third kappa shape index (κ3) is 3.17. The second-order valence-corrected chi connectivity index (χ2v) is 7.08. The van der Waals surface area contributed by atoms with Gasteiger partial charge >= 0.3 is 0 Å². The molecule has 1 aromatic heterocycles. The predicted octanol–water partition coefficient (Wildman–Crippen LogP) is 4.13. The SMILES string of the molecule is C=C1CC(SCC(=O)c2cncn2[C@H](C)c2ccccc2)C1. The van der Waals surface area contributed by atoms with Crippen LogP contribution in [0, 0.1) is 0 Å². The summed E-state index contributed by atoms with van der Waals surface area (Å²) < 4.78 is 1.97. The van der Waals surface area contributed by atoms with Crippen molar-refractivity contribution in [3.05, 3.63) is 66.3 Å². The lowest BCUT2D eigenvalue weighted by Crippen LogP contribution is -2.20. The van der Waals surface area contributed by atoms with Crippen LogP contribution in [0.15, 0.2) is 55.0 Å². The molecule has 1 saturated carbocycles. The van der Waals surface area contributed by atoms with Crippen molar-refractivity contribution in [1.29, 1.82) is 0 Å². The summed E-state index contributed by atoms with van der Waals surface area (Å²) in [6, 6.07) is 10.3. The lowest BCUT2D eigenvalue weighted by atomic mass is 9.94. The molecule has 1 atom stereocenters. The van der Waals surface area contributed by atoms with E-state index in [1.807, 2.05) is 22.8 Å². The Morgan fingerprint density at radius 2 is 2.14 bits per heavy atom. The van der Waals surface area contributed by atoms with Crippen LogP contribution in [-0.2, 0) is 0 Å². The van der Waals surface area contributed by atoms with Crippen LogP contribution in [-0.4, -0.2) is 26.3 Å². The molecular formula is C18H20N2OS. The Labute approximate surface area is 135 Å². The summed E-state index contributed by atoms with van der Waals surface area (Å²) in [4.78, 5) is 16.7. The highest BCUT2D eigenvalue weighted by atomic mass is 32.2. The van der Waals surface area contributed by atoms with E-state index >= 15 is 0 Å². The van der Waals surface area contributed by atoms with Crippen LogP contribution in [0.1, 0.15) is 41.9 Å². The molecule has 0 unspecified atom stereocenters. The van der Waals surface area contributed by atoms with E-state index < -0.39 is 0 Å². The lowest BCUT2D eigenvalue weighted by molar-refractivity contribution is 0.101. The van der Waals surface area contributed by atoms with Crippen molar-refractivity contribution in [1.82, 2.24) is 9.55 Å². The average Bonchev–Trinajstić information content (AvgIpc) is 3.00. The van der Waals surface area contributed by atoms with E-state index in [4.69, 9.17) is 0 Å². The smallest absolute Gasteiger partial charge is 0.190 e. The molecule has 0 amide bonds. The van der Waals surface area contributed by atoms with E-state index in [2.05, 4.69) is 30.6 Å². The van der Waals surface area contributed by atoms with E-state index in [9.17, 15) is 4.79 Å². The Bertz CT molecular complexity index is 669. The zero-order valence-corrected chi connectivity index (χ0v) is 13.6. The minimum absolute atomic E-state index is 0.108. The van der Waals surface area contributed by atoms with Crippen molar-refractivity contribution in [2.24, 2.45) is 0 Å². The Balaban J connectivity index is 1.68. The molecule has 3 nitrogen and oxygen atoms in total. The fourth-order valence-corrected chi connectivity index (χ4v) is 3.93. The van der Waals surface area contributed by atoms with Crippen LogP contribution in [0.3, 0.4) is 0 Å². The van der Waals surface area contributed by atoms with Crippen molar-refractivity contribution in [3.8, 4) is 0 Å². The molecule has 3 rings (SSSR count). The second kappa shape index (κ2) is 6.53. The molecule has 114 valence electrons. The van der Waals surface area contributed by atoms with Gasteiger partial charge in [0.1, 0.15) is 5.69 Å². The molecular weight excluding hydrogens is 292 g/mol. The van der Waals surface area contributed by atoms with Crippen molar-refractivity contribution in [2.75, 3.05) is 5.75 Å². The van der Waals surface area contributed by atoms with Gasteiger partial charge in [-0.2, -0.15) is 0 Å². The van der Waals surface area contributed by atoms with E-state index in [-0.39, 0.29) is 11.8 Å². The van der Waals surface area contributed by atoms with Gasteiger partial charge in [0.05, 0.1) is 24.3 Å². The van der Waals surface area contributed by atoms with Crippen molar-refractivity contribution in [2.45, 2.75) is 31.1 Å². The summed E-state index contributed by atoms with van der Waals surface area (Å²) in [5, 5.41) is 0.569. The molecule has 1 fully saturated rings. The maximum Gasteiger partial charge on any atom is 0.190 e. The molecule has 2 aromatic rings. The number of carbonyl (C=O) groups excluding carboxylic acids is 1. The van der Waals surface area contributed by atoms with Gasteiger partial charge in [0.2, 0.25) is 0 Å². The quantitative estimate of drug-likeness (QED) is 0.594. The highest BCUT2D eigenvalue weighted by Crippen LogP contribution is 2.35. The van der Waals surface area contributed by atoms with Crippen LogP contribution in [0.25, 0.3) is 0 Å².